The van der Waals surface area contributed by atoms with E-state index in [0.29, 0.717) is 0 Å². The number of aromatic nitrogens is 2. The van der Waals surface area contributed by atoms with Crippen LogP contribution in [0.25, 0.3) is 11.3 Å². The Kier molecular flexibility index (Phi) is 2.30. The summed E-state index contributed by atoms with van der Waals surface area (Å²) in [5.74, 6) is 0.923. The van der Waals surface area contributed by atoms with Crippen molar-refractivity contribution in [1.29, 1.82) is 0 Å². The molecule has 1 fully saturated rings. The Morgan fingerprint density at radius 3 is 2.59 bits per heavy atom. The van der Waals surface area contributed by atoms with Gasteiger partial charge < -0.3 is 10.7 Å². The van der Waals surface area contributed by atoms with Crippen LogP contribution in [0.1, 0.15) is 31.2 Å². The van der Waals surface area contributed by atoms with Gasteiger partial charge in [0.15, 0.2) is 0 Å². The van der Waals surface area contributed by atoms with Gasteiger partial charge in [-0.1, -0.05) is 31.2 Å². The Hall–Kier alpha value is -1.61. The van der Waals surface area contributed by atoms with Gasteiger partial charge in [-0.05, 0) is 30.4 Å². The lowest BCUT2D eigenvalue weighted by Crippen LogP contribution is -2.20. The van der Waals surface area contributed by atoms with E-state index in [2.05, 4.69) is 41.2 Å². The molecule has 0 atom stereocenters. The summed E-state index contributed by atoms with van der Waals surface area (Å²) in [5.41, 5.74) is 9.51. The minimum Gasteiger partial charge on any atom is -0.340 e. The van der Waals surface area contributed by atoms with Crippen LogP contribution in [0.2, 0.25) is 0 Å². The SMILES string of the molecule is CCc1ccc(-c2cnc(C3(N)CC3)[nH]2)cc1. The normalized spacial score (nSPS) is 17.1. The second-order valence-electron chi connectivity index (χ2n) is 4.85. The maximum absolute atomic E-state index is 6.11. The van der Waals surface area contributed by atoms with Crippen LogP contribution in [0.5, 0.6) is 0 Å². The van der Waals surface area contributed by atoms with E-state index >= 15 is 0 Å². The van der Waals surface area contributed by atoms with E-state index in [4.69, 9.17) is 5.73 Å². The van der Waals surface area contributed by atoms with Crippen molar-refractivity contribution < 1.29 is 0 Å². The second-order valence-corrected chi connectivity index (χ2v) is 4.85. The average Bonchev–Trinajstić information content (AvgIpc) is 2.94. The number of rotatable bonds is 3. The van der Waals surface area contributed by atoms with E-state index in [0.717, 1.165) is 30.8 Å². The van der Waals surface area contributed by atoms with Crippen molar-refractivity contribution >= 4 is 0 Å². The van der Waals surface area contributed by atoms with Gasteiger partial charge in [-0.3, -0.25) is 0 Å². The Labute approximate surface area is 101 Å². The zero-order valence-corrected chi connectivity index (χ0v) is 10.0. The van der Waals surface area contributed by atoms with Crippen LogP contribution < -0.4 is 5.73 Å². The Morgan fingerprint density at radius 2 is 2.00 bits per heavy atom. The number of hydrogen-bond acceptors (Lipinski definition) is 2. The molecule has 0 amide bonds. The molecule has 0 bridgehead atoms. The summed E-state index contributed by atoms with van der Waals surface area (Å²) in [6.07, 6.45) is 5.02. The Morgan fingerprint density at radius 1 is 1.29 bits per heavy atom. The van der Waals surface area contributed by atoms with Crippen molar-refractivity contribution in [2.24, 2.45) is 5.73 Å². The Balaban J connectivity index is 1.90. The van der Waals surface area contributed by atoms with Gasteiger partial charge in [0.1, 0.15) is 5.82 Å². The molecular weight excluding hydrogens is 210 g/mol. The van der Waals surface area contributed by atoms with Crippen LogP contribution in [0, 0.1) is 0 Å². The molecule has 0 radical (unpaired) electrons. The molecule has 3 rings (SSSR count). The zero-order chi connectivity index (χ0) is 11.9. The molecule has 1 heterocycles. The van der Waals surface area contributed by atoms with E-state index in [1.54, 1.807) is 0 Å². The molecule has 3 N–H and O–H groups in total. The van der Waals surface area contributed by atoms with Gasteiger partial charge in [-0.25, -0.2) is 4.98 Å². The third-order valence-corrected chi connectivity index (χ3v) is 3.51. The number of hydrogen-bond donors (Lipinski definition) is 2. The van der Waals surface area contributed by atoms with Crippen molar-refractivity contribution in [1.82, 2.24) is 9.97 Å². The minimum atomic E-state index is -0.179. The highest BCUT2D eigenvalue weighted by Gasteiger charge is 2.42. The molecule has 0 saturated heterocycles. The summed E-state index contributed by atoms with van der Waals surface area (Å²) in [5, 5.41) is 0. The highest BCUT2D eigenvalue weighted by Crippen LogP contribution is 2.41. The van der Waals surface area contributed by atoms with Crippen LogP contribution >= 0.6 is 0 Å². The molecule has 17 heavy (non-hydrogen) atoms. The highest BCUT2D eigenvalue weighted by molar-refractivity contribution is 5.59. The summed E-state index contributed by atoms with van der Waals surface area (Å²) < 4.78 is 0. The number of H-pyrrole nitrogens is 1. The number of nitrogens with zero attached hydrogens (tertiary/aromatic N) is 1. The predicted octanol–water partition coefficient (Wildman–Crippen LogP) is 2.59. The van der Waals surface area contributed by atoms with Crippen LogP contribution in [-0.4, -0.2) is 9.97 Å². The van der Waals surface area contributed by atoms with Crippen LogP contribution in [-0.2, 0) is 12.0 Å². The summed E-state index contributed by atoms with van der Waals surface area (Å²) in [6.45, 7) is 2.16. The molecule has 1 aromatic heterocycles. The highest BCUT2D eigenvalue weighted by atomic mass is 15.0. The molecule has 0 unspecified atom stereocenters. The maximum Gasteiger partial charge on any atom is 0.126 e. The topological polar surface area (TPSA) is 54.7 Å². The number of aromatic amines is 1. The molecule has 1 aliphatic carbocycles. The van der Waals surface area contributed by atoms with Crippen LogP contribution in [0.15, 0.2) is 30.5 Å². The number of aryl methyl sites for hydroxylation is 1. The fraction of sp³-hybridized carbons (Fsp3) is 0.357. The van der Waals surface area contributed by atoms with Gasteiger partial charge in [0, 0.05) is 0 Å². The van der Waals surface area contributed by atoms with Crippen molar-refractivity contribution in [2.75, 3.05) is 0 Å². The first-order chi connectivity index (χ1) is 8.21. The van der Waals surface area contributed by atoms with E-state index in [-0.39, 0.29) is 5.54 Å². The summed E-state index contributed by atoms with van der Waals surface area (Å²) in [4.78, 5) is 7.72. The van der Waals surface area contributed by atoms with Gasteiger partial charge in [0.05, 0.1) is 17.4 Å². The first kappa shape index (κ1) is 10.5. The van der Waals surface area contributed by atoms with Crippen LogP contribution in [0.4, 0.5) is 0 Å². The molecule has 0 spiro atoms. The first-order valence-corrected chi connectivity index (χ1v) is 6.15. The van der Waals surface area contributed by atoms with Gasteiger partial charge >= 0.3 is 0 Å². The number of nitrogens with two attached hydrogens (primary N) is 1. The molecule has 0 aliphatic heterocycles. The smallest absolute Gasteiger partial charge is 0.126 e. The van der Waals surface area contributed by atoms with Gasteiger partial charge in [-0.2, -0.15) is 0 Å². The summed E-state index contributed by atoms with van der Waals surface area (Å²) in [7, 11) is 0. The summed E-state index contributed by atoms with van der Waals surface area (Å²) >= 11 is 0. The molecule has 3 nitrogen and oxygen atoms in total. The lowest BCUT2D eigenvalue weighted by Gasteiger charge is -2.03. The monoisotopic (exact) mass is 227 g/mol. The quantitative estimate of drug-likeness (QED) is 0.846. The van der Waals surface area contributed by atoms with Crippen molar-refractivity contribution in [3.05, 3.63) is 41.9 Å². The maximum atomic E-state index is 6.11. The first-order valence-electron chi connectivity index (χ1n) is 6.15. The standard InChI is InChI=1S/C14H17N3/c1-2-10-3-5-11(6-4-10)12-9-16-13(17-12)14(15)7-8-14/h3-6,9H,2,7-8,15H2,1H3,(H,16,17). The molecule has 2 aromatic rings. The number of benzene rings is 1. The van der Waals surface area contributed by atoms with Gasteiger partial charge in [-0.15, -0.1) is 0 Å². The fourth-order valence-electron chi connectivity index (χ4n) is 2.01. The van der Waals surface area contributed by atoms with E-state index < -0.39 is 0 Å². The predicted molar refractivity (Wildman–Crippen MR) is 68.5 cm³/mol. The fourth-order valence-corrected chi connectivity index (χ4v) is 2.01. The van der Waals surface area contributed by atoms with Gasteiger partial charge in [0.25, 0.3) is 0 Å². The molecule has 1 saturated carbocycles. The lowest BCUT2D eigenvalue weighted by molar-refractivity contribution is 0.685. The number of imidazole rings is 1. The van der Waals surface area contributed by atoms with E-state index in [1.165, 1.54) is 11.1 Å². The zero-order valence-electron chi connectivity index (χ0n) is 10.0. The lowest BCUT2D eigenvalue weighted by atomic mass is 10.1. The van der Waals surface area contributed by atoms with E-state index in [9.17, 15) is 0 Å². The molecule has 1 aliphatic rings. The largest absolute Gasteiger partial charge is 0.340 e. The average molecular weight is 227 g/mol. The third kappa shape index (κ3) is 1.87. The Bertz CT molecular complexity index is 521. The van der Waals surface area contributed by atoms with Crippen molar-refractivity contribution in [3.63, 3.8) is 0 Å². The molecule has 88 valence electrons. The number of nitrogens with one attached hydrogen (secondary N) is 1. The van der Waals surface area contributed by atoms with Gasteiger partial charge in [0.2, 0.25) is 0 Å². The summed E-state index contributed by atoms with van der Waals surface area (Å²) in [6, 6.07) is 8.58. The van der Waals surface area contributed by atoms with Crippen molar-refractivity contribution in [3.8, 4) is 11.3 Å². The molecular formula is C14H17N3. The second kappa shape index (κ2) is 3.70. The molecule has 1 aromatic carbocycles. The van der Waals surface area contributed by atoms with Crippen molar-refractivity contribution in [2.45, 2.75) is 31.7 Å². The van der Waals surface area contributed by atoms with E-state index in [1.807, 2.05) is 6.20 Å². The van der Waals surface area contributed by atoms with Crippen LogP contribution in [0.3, 0.4) is 0 Å². The third-order valence-electron chi connectivity index (χ3n) is 3.51. The minimum absolute atomic E-state index is 0.179. The molecule has 3 heteroatoms.